The van der Waals surface area contributed by atoms with E-state index in [0.717, 1.165) is 16.8 Å². The molecule has 0 bridgehead atoms. The molecule has 98 valence electrons. The summed E-state index contributed by atoms with van der Waals surface area (Å²) in [7, 11) is 7.19. The Morgan fingerprint density at radius 2 is 1.94 bits per heavy atom. The molecule has 0 unspecified atom stereocenters. The largest absolute Gasteiger partial charge is 0.435 e. The van der Waals surface area contributed by atoms with Crippen molar-refractivity contribution < 1.29 is 9.63 Å². The average molecular weight is 249 g/mol. The molecular weight excluding hydrogens is 230 g/mol. The maximum absolute atomic E-state index is 11.1. The second kappa shape index (κ2) is 6.05. The average Bonchev–Trinajstić information content (AvgIpc) is 2.30. The molecule has 0 heterocycles. The molecular formula is C13H19N3O2. The molecule has 0 saturated heterocycles. The van der Waals surface area contributed by atoms with Crippen molar-refractivity contribution >= 4 is 18.0 Å². The predicted octanol–water partition coefficient (Wildman–Crippen LogP) is 2.09. The van der Waals surface area contributed by atoms with Gasteiger partial charge in [-0.2, -0.15) is 0 Å². The van der Waals surface area contributed by atoms with E-state index >= 15 is 0 Å². The van der Waals surface area contributed by atoms with Gasteiger partial charge in [0.15, 0.2) is 0 Å². The van der Waals surface area contributed by atoms with Gasteiger partial charge in [0.2, 0.25) is 0 Å². The molecule has 0 aromatic heterocycles. The molecule has 1 aromatic rings. The summed E-state index contributed by atoms with van der Waals surface area (Å²) in [6, 6.07) is 5.98. The zero-order valence-electron chi connectivity index (χ0n) is 11.5. The third-order valence-electron chi connectivity index (χ3n) is 2.46. The Labute approximate surface area is 108 Å². The molecule has 1 aromatic carbocycles. The first-order valence-corrected chi connectivity index (χ1v) is 5.61. The number of rotatable bonds is 3. The predicted molar refractivity (Wildman–Crippen MR) is 73.3 cm³/mol. The molecule has 0 atom stereocenters. The molecule has 0 aliphatic heterocycles. The first-order valence-electron chi connectivity index (χ1n) is 5.61. The second-order valence-corrected chi connectivity index (χ2v) is 4.42. The van der Waals surface area contributed by atoms with Crippen LogP contribution in [0.25, 0.3) is 0 Å². The van der Waals surface area contributed by atoms with E-state index in [1.807, 2.05) is 38.1 Å². The highest BCUT2D eigenvalue weighted by Crippen LogP contribution is 2.16. The lowest BCUT2D eigenvalue weighted by molar-refractivity contribution is 0.123. The Morgan fingerprint density at radius 3 is 2.44 bits per heavy atom. The summed E-state index contributed by atoms with van der Waals surface area (Å²) in [5, 5.41) is 3.67. The van der Waals surface area contributed by atoms with Gasteiger partial charge < -0.3 is 9.80 Å². The number of carbonyl (C=O) groups excluding carboxylic acids is 1. The molecule has 5 heteroatoms. The molecule has 0 spiro atoms. The summed E-state index contributed by atoms with van der Waals surface area (Å²) in [5.74, 6) is 0. The minimum Gasteiger partial charge on any atom is -0.378 e. The summed E-state index contributed by atoms with van der Waals surface area (Å²) in [6.45, 7) is 1.99. The Bertz CT molecular complexity index is 454. The van der Waals surface area contributed by atoms with Crippen molar-refractivity contribution in [1.29, 1.82) is 0 Å². The zero-order valence-corrected chi connectivity index (χ0v) is 11.5. The summed E-state index contributed by atoms with van der Waals surface area (Å²) in [5.41, 5.74) is 3.12. The van der Waals surface area contributed by atoms with Crippen molar-refractivity contribution in [1.82, 2.24) is 4.90 Å². The first-order chi connectivity index (χ1) is 8.41. The minimum absolute atomic E-state index is 0.492. The molecule has 0 fully saturated rings. The van der Waals surface area contributed by atoms with Gasteiger partial charge in [-0.25, -0.2) is 4.79 Å². The fraction of sp³-hybridized carbons (Fsp3) is 0.385. The van der Waals surface area contributed by atoms with Crippen LogP contribution in [-0.2, 0) is 4.84 Å². The van der Waals surface area contributed by atoms with Crippen LogP contribution in [0.3, 0.4) is 0 Å². The van der Waals surface area contributed by atoms with E-state index in [1.165, 1.54) is 11.1 Å². The van der Waals surface area contributed by atoms with Gasteiger partial charge in [0, 0.05) is 33.9 Å². The van der Waals surface area contributed by atoms with E-state index in [1.54, 1.807) is 14.1 Å². The molecule has 1 amide bonds. The van der Waals surface area contributed by atoms with Gasteiger partial charge in [-0.3, -0.25) is 4.84 Å². The van der Waals surface area contributed by atoms with Gasteiger partial charge in [0.05, 0.1) is 6.21 Å². The van der Waals surface area contributed by atoms with Crippen molar-refractivity contribution in [2.24, 2.45) is 5.16 Å². The Morgan fingerprint density at radius 1 is 1.28 bits per heavy atom. The number of aryl methyl sites for hydroxylation is 1. The van der Waals surface area contributed by atoms with Crippen LogP contribution < -0.4 is 4.90 Å². The van der Waals surface area contributed by atoms with E-state index in [-0.39, 0.29) is 0 Å². The van der Waals surface area contributed by atoms with Gasteiger partial charge in [-0.1, -0.05) is 11.2 Å². The molecule has 0 aliphatic carbocycles. The van der Waals surface area contributed by atoms with Crippen LogP contribution in [0.4, 0.5) is 10.5 Å². The summed E-state index contributed by atoms with van der Waals surface area (Å²) in [4.78, 5) is 19.2. The van der Waals surface area contributed by atoms with Crippen LogP contribution in [0.1, 0.15) is 11.1 Å². The smallest absolute Gasteiger partial charge is 0.378 e. The highest BCUT2D eigenvalue weighted by atomic mass is 16.7. The van der Waals surface area contributed by atoms with Crippen LogP contribution in [0.15, 0.2) is 23.4 Å². The van der Waals surface area contributed by atoms with Gasteiger partial charge in [0.1, 0.15) is 0 Å². The number of oxime groups is 1. The van der Waals surface area contributed by atoms with E-state index in [4.69, 9.17) is 0 Å². The lowest BCUT2D eigenvalue weighted by atomic mass is 10.1. The molecule has 0 radical (unpaired) electrons. The standard InChI is InChI=1S/C13H19N3O2/c1-10-8-12(15(2)3)7-6-11(10)9-14-18-13(17)16(4)5/h6-9H,1-5H3/b14-9+. The number of amides is 1. The van der Waals surface area contributed by atoms with Crippen LogP contribution in [-0.4, -0.2) is 45.4 Å². The highest BCUT2D eigenvalue weighted by molar-refractivity contribution is 5.82. The number of nitrogens with zero attached hydrogens (tertiary/aromatic N) is 3. The summed E-state index contributed by atoms with van der Waals surface area (Å²) in [6.07, 6.45) is 1.05. The lowest BCUT2D eigenvalue weighted by Gasteiger charge is -2.13. The van der Waals surface area contributed by atoms with Crippen molar-refractivity contribution in [2.75, 3.05) is 33.1 Å². The lowest BCUT2D eigenvalue weighted by Crippen LogP contribution is -2.20. The van der Waals surface area contributed by atoms with E-state index in [9.17, 15) is 4.79 Å². The summed E-state index contributed by atoms with van der Waals surface area (Å²) < 4.78 is 0. The fourth-order valence-corrected chi connectivity index (χ4v) is 1.29. The molecule has 0 N–H and O–H groups in total. The monoisotopic (exact) mass is 249 g/mol. The molecule has 0 aliphatic rings. The van der Waals surface area contributed by atoms with Gasteiger partial charge in [-0.05, 0) is 30.2 Å². The molecule has 5 nitrogen and oxygen atoms in total. The molecule has 0 saturated carbocycles. The quantitative estimate of drug-likeness (QED) is 0.468. The Kier molecular flexibility index (Phi) is 4.71. The van der Waals surface area contributed by atoms with Crippen molar-refractivity contribution in [3.8, 4) is 0 Å². The van der Waals surface area contributed by atoms with Crippen molar-refractivity contribution in [3.05, 3.63) is 29.3 Å². The van der Waals surface area contributed by atoms with Gasteiger partial charge >= 0.3 is 6.09 Å². The highest BCUT2D eigenvalue weighted by Gasteiger charge is 2.03. The summed E-state index contributed by atoms with van der Waals surface area (Å²) >= 11 is 0. The SMILES string of the molecule is Cc1cc(N(C)C)ccc1/C=N/OC(=O)N(C)C. The van der Waals surface area contributed by atoms with E-state index < -0.39 is 6.09 Å². The third kappa shape index (κ3) is 3.76. The maximum Gasteiger partial charge on any atom is 0.435 e. The normalized spacial score (nSPS) is 10.5. The zero-order chi connectivity index (χ0) is 13.7. The van der Waals surface area contributed by atoms with Crippen molar-refractivity contribution in [2.45, 2.75) is 6.92 Å². The van der Waals surface area contributed by atoms with Crippen LogP contribution >= 0.6 is 0 Å². The maximum atomic E-state index is 11.1. The molecule has 18 heavy (non-hydrogen) atoms. The van der Waals surface area contributed by atoms with E-state index in [2.05, 4.69) is 16.1 Å². The second-order valence-electron chi connectivity index (χ2n) is 4.42. The fourth-order valence-electron chi connectivity index (χ4n) is 1.29. The first kappa shape index (κ1) is 14.0. The number of carbonyl (C=O) groups is 1. The number of anilines is 1. The Hall–Kier alpha value is -2.04. The number of benzene rings is 1. The number of hydrogen-bond donors (Lipinski definition) is 0. The van der Waals surface area contributed by atoms with Gasteiger partial charge in [0.25, 0.3) is 0 Å². The number of hydrogen-bond acceptors (Lipinski definition) is 4. The van der Waals surface area contributed by atoms with Crippen LogP contribution in [0, 0.1) is 6.92 Å². The third-order valence-corrected chi connectivity index (χ3v) is 2.46. The molecule has 1 rings (SSSR count). The Balaban J connectivity index is 2.74. The van der Waals surface area contributed by atoms with E-state index in [0.29, 0.717) is 0 Å². The van der Waals surface area contributed by atoms with Crippen molar-refractivity contribution in [3.63, 3.8) is 0 Å². The van der Waals surface area contributed by atoms with Crippen LogP contribution in [0.2, 0.25) is 0 Å². The minimum atomic E-state index is -0.492. The van der Waals surface area contributed by atoms with Gasteiger partial charge in [-0.15, -0.1) is 0 Å². The topological polar surface area (TPSA) is 45.1 Å². The van der Waals surface area contributed by atoms with Crippen LogP contribution in [0.5, 0.6) is 0 Å².